The van der Waals surface area contributed by atoms with E-state index in [1.54, 1.807) is 0 Å². The second-order valence-electron chi connectivity index (χ2n) is 5.05. The number of carbonyl (C=O) groups is 1. The van der Waals surface area contributed by atoms with Gasteiger partial charge in [0.25, 0.3) is 0 Å². The number of piperazine rings is 1. The van der Waals surface area contributed by atoms with E-state index >= 15 is 0 Å². The third-order valence-corrected chi connectivity index (χ3v) is 3.47. The topological polar surface area (TPSA) is 56.1 Å². The molecule has 18 heavy (non-hydrogen) atoms. The van der Waals surface area contributed by atoms with Crippen LogP contribution in [0.3, 0.4) is 0 Å². The van der Waals surface area contributed by atoms with E-state index in [9.17, 15) is 4.79 Å². The summed E-state index contributed by atoms with van der Waals surface area (Å²) >= 11 is 0. The minimum atomic E-state index is -0.480. The number of rotatable bonds is 2. The lowest BCUT2D eigenvalue weighted by Gasteiger charge is -2.41. The average Bonchev–Trinajstić information content (AvgIpc) is 2.36. The highest BCUT2D eigenvalue weighted by molar-refractivity contribution is 5.86. The molecule has 1 aliphatic rings. The van der Waals surface area contributed by atoms with Crippen LogP contribution in [-0.4, -0.2) is 29.4 Å². The highest BCUT2D eigenvalue weighted by atomic mass is 16.2. The van der Waals surface area contributed by atoms with Gasteiger partial charge in [-0.3, -0.25) is 9.69 Å². The molecule has 1 fully saturated rings. The van der Waals surface area contributed by atoms with Crippen LogP contribution in [0.25, 0.3) is 0 Å². The van der Waals surface area contributed by atoms with E-state index in [0.29, 0.717) is 12.1 Å². The molecule has 0 atom stereocenters. The highest BCUT2D eigenvalue weighted by Crippen LogP contribution is 2.20. The zero-order valence-corrected chi connectivity index (χ0v) is 10.7. The van der Waals surface area contributed by atoms with Crippen molar-refractivity contribution in [2.45, 2.75) is 25.9 Å². The van der Waals surface area contributed by atoms with E-state index < -0.39 is 5.54 Å². The molecule has 1 saturated heterocycles. The van der Waals surface area contributed by atoms with Crippen LogP contribution in [0, 0.1) is 11.3 Å². The molecule has 94 valence electrons. The lowest BCUT2D eigenvalue weighted by Crippen LogP contribution is -2.61. The Kier molecular flexibility index (Phi) is 3.35. The lowest BCUT2D eigenvalue weighted by atomic mass is 9.98. The highest BCUT2D eigenvalue weighted by Gasteiger charge is 2.37. The summed E-state index contributed by atoms with van der Waals surface area (Å²) in [5.74, 6) is 0.0717. The van der Waals surface area contributed by atoms with Crippen molar-refractivity contribution < 1.29 is 4.79 Å². The van der Waals surface area contributed by atoms with Crippen molar-refractivity contribution in [1.82, 2.24) is 10.2 Å². The Morgan fingerprint density at radius 3 is 2.67 bits per heavy atom. The Balaban J connectivity index is 2.12. The number of nitriles is 1. The van der Waals surface area contributed by atoms with Gasteiger partial charge in [0, 0.05) is 19.6 Å². The molecule has 1 aliphatic heterocycles. The predicted molar refractivity (Wildman–Crippen MR) is 68.7 cm³/mol. The minimum absolute atomic E-state index is 0.0717. The summed E-state index contributed by atoms with van der Waals surface area (Å²) in [6, 6.07) is 9.62. The first-order valence-corrected chi connectivity index (χ1v) is 6.06. The van der Waals surface area contributed by atoms with Crippen molar-refractivity contribution >= 4 is 5.91 Å². The number of nitrogens with zero attached hydrogens (tertiary/aromatic N) is 2. The first kappa shape index (κ1) is 12.6. The fourth-order valence-corrected chi connectivity index (χ4v) is 2.13. The fourth-order valence-electron chi connectivity index (χ4n) is 2.13. The second-order valence-corrected chi connectivity index (χ2v) is 5.05. The van der Waals surface area contributed by atoms with Crippen LogP contribution < -0.4 is 5.32 Å². The molecule has 1 amide bonds. The van der Waals surface area contributed by atoms with Gasteiger partial charge in [0.15, 0.2) is 0 Å². The summed E-state index contributed by atoms with van der Waals surface area (Å²) in [7, 11) is 0. The number of nitrogens with one attached hydrogen (secondary N) is 1. The normalized spacial score (nSPS) is 19.1. The first-order valence-electron chi connectivity index (χ1n) is 6.06. The van der Waals surface area contributed by atoms with Crippen molar-refractivity contribution in [3.05, 3.63) is 35.4 Å². The zero-order chi connectivity index (χ0) is 13.2. The quantitative estimate of drug-likeness (QED) is 0.851. The summed E-state index contributed by atoms with van der Waals surface area (Å²) < 4.78 is 0. The van der Waals surface area contributed by atoms with Crippen LogP contribution in [0.5, 0.6) is 0 Å². The van der Waals surface area contributed by atoms with Crippen LogP contribution in [0.15, 0.2) is 24.3 Å². The minimum Gasteiger partial charge on any atom is -0.353 e. The Hall–Kier alpha value is -1.86. The molecule has 1 aromatic rings. The summed E-state index contributed by atoms with van der Waals surface area (Å²) in [4.78, 5) is 14.0. The SMILES string of the molecule is CC1(C)C(=O)NCCN1Cc1ccc(C#N)cc1. The van der Waals surface area contributed by atoms with Crippen molar-refractivity contribution in [1.29, 1.82) is 5.26 Å². The van der Waals surface area contributed by atoms with E-state index in [4.69, 9.17) is 5.26 Å². The number of amides is 1. The number of hydrogen-bond donors (Lipinski definition) is 1. The Labute approximate surface area is 107 Å². The third kappa shape index (κ3) is 2.36. The molecule has 0 radical (unpaired) electrons. The molecule has 2 rings (SSSR count). The van der Waals surface area contributed by atoms with Crippen LogP contribution in [0.4, 0.5) is 0 Å². The predicted octanol–water partition coefficient (Wildman–Crippen LogP) is 1.27. The summed E-state index contributed by atoms with van der Waals surface area (Å²) in [6.45, 7) is 6.14. The number of benzene rings is 1. The standard InChI is InChI=1S/C14H17N3O/c1-14(2)13(18)16-7-8-17(14)10-12-5-3-11(9-15)4-6-12/h3-6H,7-8,10H2,1-2H3,(H,16,18). The Morgan fingerprint density at radius 2 is 2.06 bits per heavy atom. The maximum absolute atomic E-state index is 11.8. The van der Waals surface area contributed by atoms with Crippen LogP contribution in [-0.2, 0) is 11.3 Å². The summed E-state index contributed by atoms with van der Waals surface area (Å²) in [6.07, 6.45) is 0. The molecule has 1 N–H and O–H groups in total. The van der Waals surface area contributed by atoms with Gasteiger partial charge in [0.2, 0.25) is 5.91 Å². The molecule has 0 saturated carbocycles. The van der Waals surface area contributed by atoms with Crippen LogP contribution in [0.1, 0.15) is 25.0 Å². The second kappa shape index (κ2) is 4.79. The van der Waals surface area contributed by atoms with E-state index in [-0.39, 0.29) is 5.91 Å². The number of carbonyl (C=O) groups excluding carboxylic acids is 1. The molecular formula is C14H17N3O. The van der Waals surface area contributed by atoms with E-state index in [1.165, 1.54) is 0 Å². The van der Waals surface area contributed by atoms with Gasteiger partial charge in [-0.25, -0.2) is 0 Å². The van der Waals surface area contributed by atoms with Gasteiger partial charge in [-0.1, -0.05) is 12.1 Å². The van der Waals surface area contributed by atoms with Gasteiger partial charge < -0.3 is 5.32 Å². The van der Waals surface area contributed by atoms with Crippen molar-refractivity contribution in [2.24, 2.45) is 0 Å². The van der Waals surface area contributed by atoms with Crippen molar-refractivity contribution in [3.63, 3.8) is 0 Å². The number of hydrogen-bond acceptors (Lipinski definition) is 3. The summed E-state index contributed by atoms with van der Waals surface area (Å²) in [5.41, 5.74) is 1.30. The van der Waals surface area contributed by atoms with Crippen molar-refractivity contribution in [3.8, 4) is 6.07 Å². The zero-order valence-electron chi connectivity index (χ0n) is 10.7. The largest absolute Gasteiger partial charge is 0.353 e. The molecule has 0 spiro atoms. The molecule has 1 aromatic carbocycles. The maximum atomic E-state index is 11.8. The molecular weight excluding hydrogens is 226 g/mol. The van der Waals surface area contributed by atoms with E-state index in [2.05, 4.69) is 16.3 Å². The molecule has 0 aromatic heterocycles. The molecule has 4 heteroatoms. The Bertz CT molecular complexity index is 485. The third-order valence-electron chi connectivity index (χ3n) is 3.47. The van der Waals surface area contributed by atoms with Gasteiger partial charge in [0.1, 0.15) is 0 Å². The summed E-state index contributed by atoms with van der Waals surface area (Å²) in [5, 5.41) is 11.6. The Morgan fingerprint density at radius 1 is 1.39 bits per heavy atom. The van der Waals surface area contributed by atoms with Crippen LogP contribution in [0.2, 0.25) is 0 Å². The fraction of sp³-hybridized carbons (Fsp3) is 0.429. The van der Waals surface area contributed by atoms with Gasteiger partial charge in [-0.05, 0) is 31.5 Å². The molecule has 4 nitrogen and oxygen atoms in total. The lowest BCUT2D eigenvalue weighted by molar-refractivity contribution is -0.135. The monoisotopic (exact) mass is 243 g/mol. The van der Waals surface area contributed by atoms with E-state index in [1.807, 2.05) is 38.1 Å². The molecule has 0 aliphatic carbocycles. The molecule has 1 heterocycles. The van der Waals surface area contributed by atoms with E-state index in [0.717, 1.165) is 18.7 Å². The molecule has 0 unspecified atom stereocenters. The van der Waals surface area contributed by atoms with Gasteiger partial charge >= 0.3 is 0 Å². The maximum Gasteiger partial charge on any atom is 0.240 e. The van der Waals surface area contributed by atoms with Gasteiger partial charge in [0.05, 0.1) is 17.2 Å². The van der Waals surface area contributed by atoms with Crippen molar-refractivity contribution in [2.75, 3.05) is 13.1 Å². The van der Waals surface area contributed by atoms with Gasteiger partial charge in [-0.2, -0.15) is 5.26 Å². The smallest absolute Gasteiger partial charge is 0.240 e. The first-order chi connectivity index (χ1) is 8.54. The van der Waals surface area contributed by atoms with Crippen LogP contribution >= 0.6 is 0 Å². The average molecular weight is 243 g/mol. The van der Waals surface area contributed by atoms with Gasteiger partial charge in [-0.15, -0.1) is 0 Å². The molecule has 0 bridgehead atoms.